The molecular weight excluding hydrogens is 418 g/mol. The summed E-state index contributed by atoms with van der Waals surface area (Å²) in [5.74, 6) is -0.308. The van der Waals surface area contributed by atoms with Crippen molar-refractivity contribution in [1.29, 1.82) is 0 Å². The smallest absolute Gasteiger partial charge is 0.303 e. The van der Waals surface area contributed by atoms with Gasteiger partial charge in [0.25, 0.3) is 5.91 Å². The van der Waals surface area contributed by atoms with E-state index in [4.69, 9.17) is 22.1 Å². The van der Waals surface area contributed by atoms with Crippen LogP contribution in [0.2, 0.25) is 0 Å². The lowest BCUT2D eigenvalue weighted by atomic mass is 9.79. The highest BCUT2D eigenvalue weighted by Gasteiger charge is 2.33. The van der Waals surface area contributed by atoms with E-state index in [1.54, 1.807) is 7.11 Å². The van der Waals surface area contributed by atoms with Crippen molar-refractivity contribution in [3.8, 4) is 5.75 Å². The predicted molar refractivity (Wildman–Crippen MR) is 127 cm³/mol. The number of amides is 1. The van der Waals surface area contributed by atoms with E-state index in [1.807, 2.05) is 6.08 Å². The molecule has 5 nitrogen and oxygen atoms in total. The van der Waals surface area contributed by atoms with Crippen molar-refractivity contribution in [3.63, 3.8) is 0 Å². The van der Waals surface area contributed by atoms with Crippen LogP contribution in [0.1, 0.15) is 71.1 Å². The topological polar surface area (TPSA) is 66.8 Å². The lowest BCUT2D eigenvalue weighted by Crippen LogP contribution is -2.29. The van der Waals surface area contributed by atoms with Crippen molar-refractivity contribution in [2.45, 2.75) is 65.2 Å². The van der Waals surface area contributed by atoms with Crippen molar-refractivity contribution in [2.24, 2.45) is 0 Å². The first-order valence-electron chi connectivity index (χ1n) is 9.96. The molecule has 1 aliphatic rings. The molecule has 1 N–H and O–H groups in total. The normalized spacial score (nSPS) is 16.5. The Bertz CT molecular complexity index is 892. The quantitative estimate of drug-likeness (QED) is 0.466. The van der Waals surface area contributed by atoms with Gasteiger partial charge in [0.15, 0.2) is 0 Å². The second kappa shape index (κ2) is 9.10. The zero-order valence-corrected chi connectivity index (χ0v) is 20.4. The maximum absolute atomic E-state index is 12.9. The van der Waals surface area contributed by atoms with E-state index in [0.29, 0.717) is 22.2 Å². The number of thiocarbonyl (C=S) groups is 1. The van der Waals surface area contributed by atoms with Gasteiger partial charge in [-0.05, 0) is 35.0 Å². The molecule has 30 heavy (non-hydrogen) atoms. The number of hydrogen-bond donors (Lipinski definition) is 1. The second-order valence-corrected chi connectivity index (χ2v) is 11.2. The summed E-state index contributed by atoms with van der Waals surface area (Å²) >= 11 is 6.62. The molecule has 1 aliphatic heterocycles. The molecule has 2 rings (SSSR count). The highest BCUT2D eigenvalue weighted by atomic mass is 32.2. The van der Waals surface area contributed by atoms with E-state index >= 15 is 0 Å². The maximum Gasteiger partial charge on any atom is 0.303 e. The molecule has 1 aromatic rings. The molecule has 1 saturated heterocycles. The van der Waals surface area contributed by atoms with E-state index in [1.165, 1.54) is 16.7 Å². The number of aliphatic carboxylic acids is 1. The first-order chi connectivity index (χ1) is 13.8. The minimum atomic E-state index is -0.880. The summed E-state index contributed by atoms with van der Waals surface area (Å²) in [7, 11) is 1.65. The third-order valence-electron chi connectivity index (χ3n) is 4.93. The van der Waals surface area contributed by atoms with Crippen LogP contribution in [0.5, 0.6) is 5.75 Å². The van der Waals surface area contributed by atoms with Crippen molar-refractivity contribution in [1.82, 2.24) is 4.90 Å². The number of carbonyl (C=O) groups excluding carboxylic acids is 1. The third kappa shape index (κ3) is 5.64. The Morgan fingerprint density at radius 2 is 1.83 bits per heavy atom. The number of carboxylic acid groups (broad SMARTS) is 1. The van der Waals surface area contributed by atoms with Crippen molar-refractivity contribution in [3.05, 3.63) is 33.7 Å². The second-order valence-electron chi connectivity index (χ2n) is 9.48. The minimum Gasteiger partial charge on any atom is -0.496 e. The average molecular weight is 450 g/mol. The summed E-state index contributed by atoms with van der Waals surface area (Å²) in [5, 5.41) is 8.84. The largest absolute Gasteiger partial charge is 0.496 e. The van der Waals surface area contributed by atoms with E-state index in [0.717, 1.165) is 22.4 Å². The van der Waals surface area contributed by atoms with Crippen molar-refractivity contribution >= 4 is 46.3 Å². The van der Waals surface area contributed by atoms with Crippen molar-refractivity contribution in [2.75, 3.05) is 13.7 Å². The predicted octanol–water partition coefficient (Wildman–Crippen LogP) is 5.36. The molecule has 1 heterocycles. The van der Waals surface area contributed by atoms with Gasteiger partial charge in [-0.2, -0.15) is 0 Å². The fourth-order valence-electron chi connectivity index (χ4n) is 3.20. The fraction of sp³-hybridized carbons (Fsp3) is 0.522. The molecule has 0 bridgehead atoms. The summed E-state index contributed by atoms with van der Waals surface area (Å²) in [5.41, 5.74) is 2.90. The van der Waals surface area contributed by atoms with Crippen LogP contribution in [0.3, 0.4) is 0 Å². The Morgan fingerprint density at radius 3 is 2.33 bits per heavy atom. The van der Waals surface area contributed by atoms with Gasteiger partial charge in [0, 0.05) is 24.1 Å². The van der Waals surface area contributed by atoms with Crippen LogP contribution >= 0.6 is 24.0 Å². The molecule has 1 aromatic carbocycles. The van der Waals surface area contributed by atoms with E-state index in [9.17, 15) is 9.59 Å². The number of nitrogens with zero attached hydrogens (tertiary/aromatic N) is 1. The zero-order valence-electron chi connectivity index (χ0n) is 18.8. The number of carboxylic acids is 1. The van der Waals surface area contributed by atoms with Crippen LogP contribution in [-0.2, 0) is 20.4 Å². The Hall–Kier alpha value is -1.86. The third-order valence-corrected chi connectivity index (χ3v) is 6.31. The number of thioether (sulfide) groups is 1. The molecule has 0 atom stereocenters. The summed E-state index contributed by atoms with van der Waals surface area (Å²) in [6.45, 7) is 13.2. The number of rotatable bonds is 6. The van der Waals surface area contributed by atoms with Crippen molar-refractivity contribution < 1.29 is 19.4 Å². The van der Waals surface area contributed by atoms with Crippen LogP contribution < -0.4 is 4.74 Å². The van der Waals surface area contributed by atoms with Gasteiger partial charge in [-0.1, -0.05) is 71.6 Å². The fourth-order valence-corrected chi connectivity index (χ4v) is 4.50. The van der Waals surface area contributed by atoms with Crippen LogP contribution in [0, 0.1) is 0 Å². The Balaban J connectivity index is 2.50. The molecule has 7 heteroatoms. The number of benzene rings is 1. The number of methoxy groups -OCH3 is 1. The van der Waals surface area contributed by atoms with Gasteiger partial charge in [0.05, 0.1) is 12.0 Å². The van der Waals surface area contributed by atoms with Gasteiger partial charge in [-0.25, -0.2) is 0 Å². The molecule has 1 fully saturated rings. The van der Waals surface area contributed by atoms with E-state index < -0.39 is 5.97 Å². The van der Waals surface area contributed by atoms with Gasteiger partial charge in [-0.3, -0.25) is 14.5 Å². The molecule has 164 valence electrons. The van der Waals surface area contributed by atoms with Crippen LogP contribution in [-0.4, -0.2) is 39.9 Å². The summed E-state index contributed by atoms with van der Waals surface area (Å²) in [6.07, 6.45) is 2.22. The zero-order chi connectivity index (χ0) is 22.9. The monoisotopic (exact) mass is 449 g/mol. The lowest BCUT2D eigenvalue weighted by molar-refractivity contribution is -0.137. The van der Waals surface area contributed by atoms with E-state index in [-0.39, 0.29) is 23.2 Å². The first kappa shape index (κ1) is 24.4. The number of ether oxygens (including phenoxy) is 1. The number of carbonyl (C=O) groups is 2. The molecule has 0 radical (unpaired) electrons. The highest BCUT2D eigenvalue weighted by Crippen LogP contribution is 2.41. The van der Waals surface area contributed by atoms with Crippen LogP contribution in [0.25, 0.3) is 6.08 Å². The van der Waals surface area contributed by atoms with Crippen LogP contribution in [0.4, 0.5) is 0 Å². The highest BCUT2D eigenvalue weighted by molar-refractivity contribution is 8.26. The van der Waals surface area contributed by atoms with E-state index in [2.05, 4.69) is 53.7 Å². The van der Waals surface area contributed by atoms with Crippen LogP contribution in [0.15, 0.2) is 17.0 Å². The van der Waals surface area contributed by atoms with Gasteiger partial charge in [0.2, 0.25) is 0 Å². The number of hydrogen-bond acceptors (Lipinski definition) is 5. The standard InChI is InChI=1S/C23H31NO4S2/c1-22(2,3)15-11-14(19(28-7)16(13-15)23(4,5)6)12-17-20(27)24(21(29)30-17)10-8-9-18(25)26/h11-13H,8-10H2,1-7H3,(H,25,26)/b17-12-. The van der Waals surface area contributed by atoms with Gasteiger partial charge < -0.3 is 9.84 Å². The van der Waals surface area contributed by atoms with Gasteiger partial charge >= 0.3 is 5.97 Å². The lowest BCUT2D eigenvalue weighted by Gasteiger charge is -2.28. The molecule has 0 aliphatic carbocycles. The molecule has 0 aromatic heterocycles. The molecule has 1 amide bonds. The molecule has 0 unspecified atom stereocenters. The van der Waals surface area contributed by atoms with Gasteiger partial charge in [0.1, 0.15) is 10.1 Å². The summed E-state index contributed by atoms with van der Waals surface area (Å²) in [4.78, 5) is 25.7. The Kier molecular flexibility index (Phi) is 7.41. The molecule has 0 spiro atoms. The summed E-state index contributed by atoms with van der Waals surface area (Å²) < 4.78 is 6.24. The molecular formula is C23H31NO4S2. The maximum atomic E-state index is 12.9. The summed E-state index contributed by atoms with van der Waals surface area (Å²) in [6, 6.07) is 4.26. The average Bonchev–Trinajstić information content (AvgIpc) is 2.86. The Morgan fingerprint density at radius 1 is 1.20 bits per heavy atom. The van der Waals surface area contributed by atoms with Gasteiger partial charge in [-0.15, -0.1) is 0 Å². The first-order valence-corrected chi connectivity index (χ1v) is 11.2. The minimum absolute atomic E-state index is 0.00645. The SMILES string of the molecule is COc1c(/C=C2\SC(=S)N(CCCC(=O)O)C2=O)cc(C(C)(C)C)cc1C(C)(C)C. The Labute approximate surface area is 188 Å². The molecule has 0 saturated carbocycles.